The van der Waals surface area contributed by atoms with E-state index in [-0.39, 0.29) is 18.3 Å². The van der Waals surface area contributed by atoms with Crippen LogP contribution in [-0.4, -0.2) is 36.4 Å². The number of anilines is 1. The van der Waals surface area contributed by atoms with Gasteiger partial charge in [0.15, 0.2) is 6.61 Å². The molecule has 0 spiro atoms. The van der Waals surface area contributed by atoms with Crippen LogP contribution >= 0.6 is 0 Å². The Morgan fingerprint density at radius 2 is 2.00 bits per heavy atom. The molecule has 2 aromatic rings. The van der Waals surface area contributed by atoms with E-state index in [0.29, 0.717) is 24.4 Å². The number of hydrogen-bond acceptors (Lipinski definition) is 5. The van der Waals surface area contributed by atoms with Gasteiger partial charge in [0.1, 0.15) is 11.6 Å². The van der Waals surface area contributed by atoms with Gasteiger partial charge >= 0.3 is 0 Å². The molecule has 0 fully saturated rings. The summed E-state index contributed by atoms with van der Waals surface area (Å²) in [5.74, 6) is 0.250. The fraction of sp³-hybridized carbons (Fsp3) is 0.188. The smallest absolute Gasteiger partial charge is 0.258 e. The van der Waals surface area contributed by atoms with Crippen LogP contribution in [0.25, 0.3) is 0 Å². The number of ether oxygens (including phenoxy) is 1. The van der Waals surface area contributed by atoms with Gasteiger partial charge in [0.05, 0.1) is 0 Å². The lowest BCUT2D eigenvalue weighted by Gasteiger charge is -2.09. The van der Waals surface area contributed by atoms with Crippen LogP contribution < -0.4 is 21.1 Å². The Morgan fingerprint density at radius 3 is 2.74 bits per heavy atom. The quantitative estimate of drug-likeness (QED) is 0.329. The molecule has 0 atom stereocenters. The Balaban J connectivity index is 1.67. The first-order valence-corrected chi connectivity index (χ1v) is 7.13. The van der Waals surface area contributed by atoms with Gasteiger partial charge in [0, 0.05) is 36.7 Å². The van der Waals surface area contributed by atoms with Gasteiger partial charge in [-0.15, -0.1) is 0 Å². The summed E-state index contributed by atoms with van der Waals surface area (Å²) >= 11 is 0. The van der Waals surface area contributed by atoms with Gasteiger partial charge in [0.2, 0.25) is 0 Å². The number of nitrogen functional groups attached to an aromatic ring is 1. The number of amides is 1. The molecule has 7 nitrogen and oxygen atoms in total. The monoisotopic (exact) mass is 313 g/mol. The first kappa shape index (κ1) is 16.3. The fourth-order valence-electron chi connectivity index (χ4n) is 1.83. The van der Waals surface area contributed by atoms with Crippen LogP contribution in [0.15, 0.2) is 48.8 Å². The number of aromatic nitrogens is 1. The standard InChI is InChI=1S/C16H19N5O2/c17-16(18)12-2-1-3-14(10-12)23-11-15(22)21-9-8-20-13-4-6-19-7-5-13/h1-7,10H,8-9,11H2,(H3,17,18)(H,19,20)(H,21,22). The van der Waals surface area contributed by atoms with E-state index in [1.54, 1.807) is 36.7 Å². The molecule has 0 aliphatic carbocycles. The van der Waals surface area contributed by atoms with Crippen molar-refractivity contribution in [2.24, 2.45) is 5.73 Å². The summed E-state index contributed by atoms with van der Waals surface area (Å²) in [7, 11) is 0. The molecule has 0 unspecified atom stereocenters. The maximum atomic E-state index is 11.7. The van der Waals surface area contributed by atoms with Crippen molar-refractivity contribution in [1.29, 1.82) is 5.41 Å². The molecule has 0 saturated heterocycles. The summed E-state index contributed by atoms with van der Waals surface area (Å²) in [4.78, 5) is 15.6. The second-order valence-electron chi connectivity index (χ2n) is 4.74. The van der Waals surface area contributed by atoms with Gasteiger partial charge in [-0.3, -0.25) is 15.2 Å². The molecule has 120 valence electrons. The van der Waals surface area contributed by atoms with E-state index >= 15 is 0 Å². The Hall–Kier alpha value is -3.09. The van der Waals surface area contributed by atoms with Crippen LogP contribution in [-0.2, 0) is 4.79 Å². The molecule has 1 aromatic carbocycles. The van der Waals surface area contributed by atoms with Crippen LogP contribution in [0.4, 0.5) is 5.69 Å². The van der Waals surface area contributed by atoms with E-state index in [2.05, 4.69) is 15.6 Å². The lowest BCUT2D eigenvalue weighted by atomic mass is 10.2. The Kier molecular flexibility index (Phi) is 5.93. The molecule has 1 aromatic heterocycles. The highest BCUT2D eigenvalue weighted by Gasteiger charge is 2.04. The second-order valence-corrected chi connectivity index (χ2v) is 4.74. The number of nitrogens with one attached hydrogen (secondary N) is 3. The SMILES string of the molecule is N=C(N)c1cccc(OCC(=O)NCCNc2ccncc2)c1. The van der Waals surface area contributed by atoms with Gasteiger partial charge in [-0.2, -0.15) is 0 Å². The topological polar surface area (TPSA) is 113 Å². The summed E-state index contributed by atoms with van der Waals surface area (Å²) in [5, 5.41) is 13.3. The largest absolute Gasteiger partial charge is 0.484 e. The van der Waals surface area contributed by atoms with Crippen molar-refractivity contribution in [1.82, 2.24) is 10.3 Å². The van der Waals surface area contributed by atoms with Crippen LogP contribution in [0.2, 0.25) is 0 Å². The Bertz CT molecular complexity index is 661. The number of nitrogens with two attached hydrogens (primary N) is 1. The third-order valence-corrected chi connectivity index (χ3v) is 2.97. The minimum Gasteiger partial charge on any atom is -0.484 e. The second kappa shape index (κ2) is 8.38. The van der Waals surface area contributed by atoms with Crippen LogP contribution in [0.5, 0.6) is 5.75 Å². The lowest BCUT2D eigenvalue weighted by molar-refractivity contribution is -0.123. The van der Waals surface area contributed by atoms with Gasteiger partial charge in [-0.25, -0.2) is 0 Å². The maximum absolute atomic E-state index is 11.7. The molecule has 0 aliphatic rings. The molecular formula is C16H19N5O2. The molecule has 7 heteroatoms. The summed E-state index contributed by atoms with van der Waals surface area (Å²) in [6, 6.07) is 10.5. The summed E-state index contributed by atoms with van der Waals surface area (Å²) in [6.07, 6.45) is 3.40. The summed E-state index contributed by atoms with van der Waals surface area (Å²) in [5.41, 5.74) is 6.92. The zero-order chi connectivity index (χ0) is 16.5. The summed E-state index contributed by atoms with van der Waals surface area (Å²) in [6.45, 7) is 1.00. The molecule has 0 saturated carbocycles. The Labute approximate surface area is 134 Å². The highest BCUT2D eigenvalue weighted by molar-refractivity contribution is 5.95. The van der Waals surface area contributed by atoms with Crippen LogP contribution in [0.3, 0.4) is 0 Å². The first-order valence-electron chi connectivity index (χ1n) is 7.13. The van der Waals surface area contributed by atoms with Crippen molar-refractivity contribution < 1.29 is 9.53 Å². The molecule has 1 heterocycles. The molecule has 0 aliphatic heterocycles. The molecule has 0 bridgehead atoms. The number of carbonyl (C=O) groups is 1. The van der Waals surface area contributed by atoms with Gasteiger partial charge in [-0.1, -0.05) is 12.1 Å². The number of hydrogen-bond donors (Lipinski definition) is 4. The average Bonchev–Trinajstić information content (AvgIpc) is 2.58. The van der Waals surface area contributed by atoms with Gasteiger partial charge < -0.3 is 21.1 Å². The van der Waals surface area contributed by atoms with Crippen molar-refractivity contribution >= 4 is 17.4 Å². The third kappa shape index (κ3) is 5.66. The van der Waals surface area contributed by atoms with E-state index in [1.165, 1.54) is 0 Å². The predicted molar refractivity (Wildman–Crippen MR) is 88.7 cm³/mol. The number of pyridine rings is 1. The van der Waals surface area contributed by atoms with Crippen LogP contribution in [0, 0.1) is 5.41 Å². The molecule has 5 N–H and O–H groups in total. The zero-order valence-electron chi connectivity index (χ0n) is 12.6. The fourth-order valence-corrected chi connectivity index (χ4v) is 1.83. The van der Waals surface area contributed by atoms with Crippen molar-refractivity contribution in [2.45, 2.75) is 0 Å². The van der Waals surface area contributed by atoms with Gasteiger partial charge in [0.25, 0.3) is 5.91 Å². The van der Waals surface area contributed by atoms with Crippen molar-refractivity contribution in [3.63, 3.8) is 0 Å². The molecular weight excluding hydrogens is 294 g/mol. The number of nitrogens with zero attached hydrogens (tertiary/aromatic N) is 1. The predicted octanol–water partition coefficient (Wildman–Crippen LogP) is 0.973. The maximum Gasteiger partial charge on any atom is 0.258 e. The van der Waals surface area contributed by atoms with Crippen molar-refractivity contribution in [3.8, 4) is 5.75 Å². The minimum atomic E-state index is -0.213. The van der Waals surface area contributed by atoms with E-state index < -0.39 is 0 Å². The van der Waals surface area contributed by atoms with Crippen LogP contribution in [0.1, 0.15) is 5.56 Å². The highest BCUT2D eigenvalue weighted by atomic mass is 16.5. The van der Waals surface area contributed by atoms with E-state index in [0.717, 1.165) is 5.69 Å². The molecule has 0 radical (unpaired) electrons. The minimum absolute atomic E-state index is 0.0397. The van der Waals surface area contributed by atoms with Crippen molar-refractivity contribution in [3.05, 3.63) is 54.4 Å². The van der Waals surface area contributed by atoms with E-state index in [4.69, 9.17) is 15.9 Å². The number of rotatable bonds is 8. The Morgan fingerprint density at radius 1 is 1.22 bits per heavy atom. The number of benzene rings is 1. The molecule has 23 heavy (non-hydrogen) atoms. The highest BCUT2D eigenvalue weighted by Crippen LogP contribution is 2.12. The molecule has 2 rings (SSSR count). The zero-order valence-corrected chi connectivity index (χ0v) is 12.6. The normalized spacial score (nSPS) is 9.91. The number of carbonyl (C=O) groups excluding carboxylic acids is 1. The van der Waals surface area contributed by atoms with Crippen molar-refractivity contribution in [2.75, 3.05) is 25.0 Å². The van der Waals surface area contributed by atoms with E-state index in [9.17, 15) is 4.79 Å². The first-order chi connectivity index (χ1) is 11.1. The molecule has 1 amide bonds. The van der Waals surface area contributed by atoms with Gasteiger partial charge in [-0.05, 0) is 24.3 Å². The average molecular weight is 313 g/mol. The number of amidine groups is 1. The summed E-state index contributed by atoms with van der Waals surface area (Å²) < 4.78 is 5.38. The lowest BCUT2D eigenvalue weighted by Crippen LogP contribution is -2.32. The third-order valence-electron chi connectivity index (χ3n) is 2.97. The van der Waals surface area contributed by atoms with E-state index in [1.807, 2.05) is 12.1 Å².